The van der Waals surface area contributed by atoms with Crippen LogP contribution in [0.3, 0.4) is 0 Å². The fourth-order valence-corrected chi connectivity index (χ4v) is 6.00. The zero-order chi connectivity index (χ0) is 29.1. The van der Waals surface area contributed by atoms with Crippen LogP contribution in [0.25, 0.3) is 0 Å². The maximum Gasteiger partial charge on any atom is 0.264 e. The molecule has 3 aromatic carbocycles. The Kier molecular flexibility index (Phi) is 11.8. The molecular weight excluding hydrogens is 641 g/mol. The Balaban J connectivity index is 2.01. The lowest BCUT2D eigenvalue weighted by molar-refractivity contribution is -0.140. The summed E-state index contributed by atoms with van der Waals surface area (Å²) in [4.78, 5) is 28.8. The van der Waals surface area contributed by atoms with Crippen molar-refractivity contribution in [3.63, 3.8) is 0 Å². The van der Waals surface area contributed by atoms with Crippen LogP contribution in [-0.2, 0) is 26.2 Å². The Bertz CT molecular complexity index is 1350. The molecule has 0 unspecified atom stereocenters. The Morgan fingerprint density at radius 1 is 0.950 bits per heavy atom. The van der Waals surface area contributed by atoms with Gasteiger partial charge in [-0.15, -0.1) is 0 Å². The molecule has 0 saturated carbocycles. The van der Waals surface area contributed by atoms with Crippen LogP contribution in [0.4, 0.5) is 5.69 Å². The number of sulfonamides is 1. The average molecular weight is 678 g/mol. The van der Waals surface area contributed by atoms with Crippen LogP contribution in [0.5, 0.6) is 5.75 Å². The second-order valence-electron chi connectivity index (χ2n) is 9.24. The SMILES string of the molecule is CCCCNC(=O)[C@@H](CC)N(Cc1ccc(OC)cc1)C(=O)CN(c1ccc(I)cc1)S(=O)(=O)c1ccccc1. The monoisotopic (exact) mass is 677 g/mol. The second-order valence-corrected chi connectivity index (χ2v) is 12.3. The number of hydrogen-bond acceptors (Lipinski definition) is 5. The van der Waals surface area contributed by atoms with Crippen molar-refractivity contribution in [3.8, 4) is 5.75 Å². The smallest absolute Gasteiger partial charge is 0.264 e. The summed E-state index contributed by atoms with van der Waals surface area (Å²) in [6.45, 7) is 4.06. The Labute approximate surface area is 250 Å². The molecule has 1 N–H and O–H groups in total. The van der Waals surface area contributed by atoms with E-state index in [0.29, 0.717) is 24.4 Å². The van der Waals surface area contributed by atoms with E-state index in [1.807, 2.05) is 26.0 Å². The number of nitrogens with zero attached hydrogens (tertiary/aromatic N) is 2. The normalized spacial score (nSPS) is 11.9. The van der Waals surface area contributed by atoms with Gasteiger partial charge in [-0.25, -0.2) is 8.42 Å². The molecule has 2 amide bonds. The minimum Gasteiger partial charge on any atom is -0.497 e. The van der Waals surface area contributed by atoms with E-state index in [1.54, 1.807) is 61.7 Å². The van der Waals surface area contributed by atoms with Crippen LogP contribution < -0.4 is 14.4 Å². The third-order valence-corrected chi connectivity index (χ3v) is 8.96. The summed E-state index contributed by atoms with van der Waals surface area (Å²) in [6, 6.07) is 21.4. The molecule has 0 radical (unpaired) electrons. The molecule has 40 heavy (non-hydrogen) atoms. The topological polar surface area (TPSA) is 96.0 Å². The van der Waals surface area contributed by atoms with Crippen LogP contribution in [-0.4, -0.2) is 51.4 Å². The molecule has 0 aliphatic carbocycles. The van der Waals surface area contributed by atoms with Gasteiger partial charge in [0.05, 0.1) is 17.7 Å². The van der Waals surface area contributed by atoms with E-state index in [2.05, 4.69) is 27.9 Å². The number of hydrogen-bond donors (Lipinski definition) is 1. The van der Waals surface area contributed by atoms with Gasteiger partial charge in [0.25, 0.3) is 10.0 Å². The van der Waals surface area contributed by atoms with Gasteiger partial charge in [0.1, 0.15) is 18.3 Å². The second kappa shape index (κ2) is 15.0. The number of rotatable bonds is 14. The van der Waals surface area contributed by atoms with Gasteiger partial charge in [0, 0.05) is 16.7 Å². The number of anilines is 1. The number of carbonyl (C=O) groups excluding carboxylic acids is 2. The zero-order valence-corrected chi connectivity index (χ0v) is 26.0. The molecule has 0 aromatic heterocycles. The third-order valence-electron chi connectivity index (χ3n) is 6.45. The van der Waals surface area contributed by atoms with E-state index in [0.717, 1.165) is 26.3 Å². The van der Waals surface area contributed by atoms with Gasteiger partial charge in [0.2, 0.25) is 11.8 Å². The summed E-state index contributed by atoms with van der Waals surface area (Å²) in [5, 5.41) is 2.94. The number of amides is 2. The molecule has 0 aliphatic rings. The molecule has 3 aromatic rings. The summed E-state index contributed by atoms with van der Waals surface area (Å²) in [7, 11) is -2.51. The quantitative estimate of drug-likeness (QED) is 0.187. The fourth-order valence-electron chi connectivity index (χ4n) is 4.21. The first-order valence-electron chi connectivity index (χ1n) is 13.2. The molecule has 3 rings (SSSR count). The number of carbonyl (C=O) groups is 2. The van der Waals surface area contributed by atoms with E-state index in [-0.39, 0.29) is 17.3 Å². The highest BCUT2D eigenvalue weighted by Crippen LogP contribution is 2.26. The van der Waals surface area contributed by atoms with Gasteiger partial charge in [0.15, 0.2) is 0 Å². The summed E-state index contributed by atoms with van der Waals surface area (Å²) in [5.74, 6) is -0.0688. The lowest BCUT2D eigenvalue weighted by Crippen LogP contribution is -2.52. The van der Waals surface area contributed by atoms with Gasteiger partial charge in [-0.2, -0.15) is 0 Å². The van der Waals surface area contributed by atoms with Gasteiger partial charge in [-0.3, -0.25) is 13.9 Å². The minimum absolute atomic E-state index is 0.0763. The number of methoxy groups -OCH3 is 1. The molecule has 0 saturated heterocycles. The third kappa shape index (κ3) is 8.20. The van der Waals surface area contributed by atoms with E-state index in [9.17, 15) is 18.0 Å². The first-order valence-corrected chi connectivity index (χ1v) is 15.8. The van der Waals surface area contributed by atoms with Crippen LogP contribution >= 0.6 is 22.6 Å². The summed E-state index contributed by atoms with van der Waals surface area (Å²) < 4.78 is 34.9. The molecule has 8 nitrogen and oxygen atoms in total. The first kappa shape index (κ1) is 31.4. The lowest BCUT2D eigenvalue weighted by atomic mass is 10.1. The molecule has 0 heterocycles. The van der Waals surface area contributed by atoms with Gasteiger partial charge in [-0.1, -0.05) is 50.6 Å². The molecule has 214 valence electrons. The highest BCUT2D eigenvalue weighted by Gasteiger charge is 2.33. The molecule has 0 fully saturated rings. The highest BCUT2D eigenvalue weighted by atomic mass is 127. The van der Waals surface area contributed by atoms with Crippen molar-refractivity contribution in [2.45, 2.75) is 50.6 Å². The Morgan fingerprint density at radius 3 is 2.17 bits per heavy atom. The number of ether oxygens (including phenoxy) is 1. The van der Waals surface area contributed by atoms with Crippen LogP contribution in [0.15, 0.2) is 83.8 Å². The summed E-state index contributed by atoms with van der Waals surface area (Å²) in [5.41, 5.74) is 1.16. The Hall–Kier alpha value is -3.12. The number of unbranched alkanes of at least 4 members (excludes halogenated alkanes) is 1. The molecule has 0 spiro atoms. The Morgan fingerprint density at radius 2 is 1.60 bits per heavy atom. The van der Waals surface area contributed by atoms with Gasteiger partial charge in [-0.05, 0) is 89.5 Å². The molecular formula is C30H36IN3O5S. The number of halogens is 1. The largest absolute Gasteiger partial charge is 0.497 e. The van der Waals surface area contributed by atoms with Gasteiger partial charge < -0.3 is 15.0 Å². The van der Waals surface area contributed by atoms with E-state index < -0.39 is 28.5 Å². The molecule has 10 heteroatoms. The average Bonchev–Trinajstić information content (AvgIpc) is 2.97. The minimum atomic E-state index is -4.08. The van der Waals surface area contributed by atoms with Crippen molar-refractivity contribution in [2.24, 2.45) is 0 Å². The summed E-state index contributed by atoms with van der Waals surface area (Å²) >= 11 is 2.14. The van der Waals surface area contributed by atoms with Crippen LogP contribution in [0.2, 0.25) is 0 Å². The predicted molar refractivity (Wildman–Crippen MR) is 166 cm³/mol. The molecule has 1 atom stereocenters. The van der Waals surface area contributed by atoms with Gasteiger partial charge >= 0.3 is 0 Å². The lowest BCUT2D eigenvalue weighted by Gasteiger charge is -2.33. The zero-order valence-electron chi connectivity index (χ0n) is 23.0. The van der Waals surface area contributed by atoms with Crippen molar-refractivity contribution >= 4 is 50.1 Å². The van der Waals surface area contributed by atoms with Crippen molar-refractivity contribution in [1.82, 2.24) is 10.2 Å². The van der Waals surface area contributed by atoms with E-state index in [4.69, 9.17) is 4.74 Å². The predicted octanol–water partition coefficient (Wildman–Crippen LogP) is 5.22. The molecule has 0 bridgehead atoms. The summed E-state index contributed by atoms with van der Waals surface area (Å²) in [6.07, 6.45) is 2.12. The number of benzene rings is 3. The maximum atomic E-state index is 14.0. The number of nitrogens with one attached hydrogen (secondary N) is 1. The highest BCUT2D eigenvalue weighted by molar-refractivity contribution is 14.1. The van der Waals surface area contributed by atoms with Crippen LogP contribution in [0.1, 0.15) is 38.7 Å². The maximum absolute atomic E-state index is 14.0. The van der Waals surface area contributed by atoms with Crippen molar-refractivity contribution in [3.05, 3.63) is 88.0 Å². The van der Waals surface area contributed by atoms with E-state index >= 15 is 0 Å². The van der Waals surface area contributed by atoms with E-state index in [1.165, 1.54) is 17.0 Å². The van der Waals surface area contributed by atoms with Crippen molar-refractivity contribution in [1.29, 1.82) is 0 Å². The molecule has 0 aliphatic heterocycles. The van der Waals surface area contributed by atoms with Crippen LogP contribution in [0, 0.1) is 3.57 Å². The van der Waals surface area contributed by atoms with Crippen molar-refractivity contribution < 1.29 is 22.7 Å². The standard InChI is InChI=1S/C30H36IN3O5S/c1-4-6-20-32-30(36)28(5-2)33(21-23-12-18-26(39-3)19-13-23)29(35)22-34(25-16-14-24(31)15-17-25)40(37,38)27-10-8-7-9-11-27/h7-19,28H,4-6,20-22H2,1-3H3,(H,32,36)/t28-/m1/s1. The van der Waals surface area contributed by atoms with Crippen molar-refractivity contribution in [2.75, 3.05) is 24.5 Å². The first-order chi connectivity index (χ1) is 19.2. The fraction of sp³-hybridized carbons (Fsp3) is 0.333.